The summed E-state index contributed by atoms with van der Waals surface area (Å²) in [6.07, 6.45) is 4.64. The summed E-state index contributed by atoms with van der Waals surface area (Å²) in [5.74, 6) is 0.557. The van der Waals surface area contributed by atoms with Crippen molar-refractivity contribution in [1.29, 1.82) is 0 Å². The molecule has 0 saturated heterocycles. The number of aromatic amines is 1. The predicted molar refractivity (Wildman–Crippen MR) is 107 cm³/mol. The Labute approximate surface area is 156 Å². The lowest BCUT2D eigenvalue weighted by Crippen LogP contribution is -2.39. The van der Waals surface area contributed by atoms with Crippen molar-refractivity contribution in [3.63, 3.8) is 0 Å². The topological polar surface area (TPSA) is 65.1 Å². The maximum absolute atomic E-state index is 13.3. The van der Waals surface area contributed by atoms with Gasteiger partial charge in [0.2, 0.25) is 0 Å². The van der Waals surface area contributed by atoms with Gasteiger partial charge in [0.1, 0.15) is 5.82 Å². The van der Waals surface area contributed by atoms with Gasteiger partial charge in [-0.15, -0.1) is 11.3 Å². The Bertz CT molecular complexity index is 883. The molecule has 0 amide bonds. The van der Waals surface area contributed by atoms with E-state index in [1.54, 1.807) is 18.4 Å². The summed E-state index contributed by atoms with van der Waals surface area (Å²) in [5, 5.41) is 11.0. The third-order valence-corrected chi connectivity index (χ3v) is 5.26. The highest BCUT2D eigenvalue weighted by atomic mass is 32.1. The Balaban J connectivity index is 1.45. The maximum atomic E-state index is 13.3. The van der Waals surface area contributed by atoms with Crippen molar-refractivity contribution >= 4 is 28.2 Å². The van der Waals surface area contributed by atoms with Crippen LogP contribution in [-0.2, 0) is 19.3 Å². The van der Waals surface area contributed by atoms with E-state index in [9.17, 15) is 4.39 Å². The van der Waals surface area contributed by atoms with Crippen molar-refractivity contribution < 1.29 is 4.39 Å². The van der Waals surface area contributed by atoms with Gasteiger partial charge in [0.25, 0.3) is 0 Å². The number of halogens is 1. The second-order valence-electron chi connectivity index (χ2n) is 6.02. The van der Waals surface area contributed by atoms with Crippen LogP contribution in [0.15, 0.2) is 34.8 Å². The number of fused-ring (bicyclic) bond motifs is 1. The van der Waals surface area contributed by atoms with Gasteiger partial charge in [-0.3, -0.25) is 4.99 Å². The van der Waals surface area contributed by atoms with Crippen LogP contribution in [0.3, 0.4) is 0 Å². The second kappa shape index (κ2) is 8.80. The number of aliphatic imine (C=N–C) groups is 1. The van der Waals surface area contributed by atoms with E-state index < -0.39 is 0 Å². The van der Waals surface area contributed by atoms with E-state index >= 15 is 0 Å². The van der Waals surface area contributed by atoms with E-state index in [-0.39, 0.29) is 5.82 Å². The standard InChI is InChI=1S/C19H24FN5S/c1-3-18-25-15(12-26-18)7-9-23-19(21-2)22-8-6-13-11-24-17-10-14(20)4-5-16(13)17/h4-5,10-12,24H,3,6-9H2,1-2H3,(H2,21,22,23). The smallest absolute Gasteiger partial charge is 0.190 e. The lowest BCUT2D eigenvalue weighted by Gasteiger charge is -2.11. The molecule has 0 bridgehead atoms. The molecule has 3 rings (SSSR count). The first-order valence-electron chi connectivity index (χ1n) is 8.83. The average molecular weight is 374 g/mol. The molecule has 0 aliphatic carbocycles. The van der Waals surface area contributed by atoms with Crippen LogP contribution in [0.25, 0.3) is 10.9 Å². The molecule has 0 aliphatic rings. The number of rotatable bonds is 7. The van der Waals surface area contributed by atoms with Crippen LogP contribution in [0.2, 0.25) is 0 Å². The Morgan fingerprint density at radius 3 is 2.81 bits per heavy atom. The normalized spacial score (nSPS) is 11.9. The first-order chi connectivity index (χ1) is 12.7. The Kier molecular flexibility index (Phi) is 6.22. The summed E-state index contributed by atoms with van der Waals surface area (Å²) >= 11 is 1.72. The minimum atomic E-state index is -0.222. The van der Waals surface area contributed by atoms with Gasteiger partial charge in [-0.25, -0.2) is 9.37 Å². The van der Waals surface area contributed by atoms with Crippen molar-refractivity contribution in [2.45, 2.75) is 26.2 Å². The fourth-order valence-corrected chi connectivity index (χ4v) is 3.62. The SMILES string of the molecule is CCc1nc(CCNC(=NC)NCCc2c[nH]c3cc(F)ccc23)cs1. The number of nitrogens with one attached hydrogen (secondary N) is 3. The fourth-order valence-electron chi connectivity index (χ4n) is 2.84. The first kappa shape index (κ1) is 18.4. The number of hydrogen-bond donors (Lipinski definition) is 3. The summed E-state index contributed by atoms with van der Waals surface area (Å²) in [6, 6.07) is 4.84. The summed E-state index contributed by atoms with van der Waals surface area (Å²) in [4.78, 5) is 11.9. The molecular weight excluding hydrogens is 349 g/mol. The molecule has 2 heterocycles. The largest absolute Gasteiger partial charge is 0.361 e. The molecule has 0 atom stereocenters. The van der Waals surface area contributed by atoms with Gasteiger partial charge in [0.05, 0.1) is 10.7 Å². The molecule has 2 aromatic heterocycles. The maximum Gasteiger partial charge on any atom is 0.190 e. The monoisotopic (exact) mass is 373 g/mol. The van der Waals surface area contributed by atoms with Gasteiger partial charge >= 0.3 is 0 Å². The third-order valence-electron chi connectivity index (χ3n) is 4.22. The molecule has 5 nitrogen and oxygen atoms in total. The summed E-state index contributed by atoms with van der Waals surface area (Å²) in [6.45, 7) is 3.66. The highest BCUT2D eigenvalue weighted by Crippen LogP contribution is 2.19. The number of nitrogens with zero attached hydrogens (tertiary/aromatic N) is 2. The number of aromatic nitrogens is 2. The van der Waals surface area contributed by atoms with E-state index in [0.29, 0.717) is 0 Å². The number of guanidine groups is 1. The van der Waals surface area contributed by atoms with Crippen LogP contribution < -0.4 is 10.6 Å². The fraction of sp³-hybridized carbons (Fsp3) is 0.368. The third kappa shape index (κ3) is 4.60. The van der Waals surface area contributed by atoms with Crippen molar-refractivity contribution in [3.8, 4) is 0 Å². The zero-order valence-electron chi connectivity index (χ0n) is 15.1. The van der Waals surface area contributed by atoms with Crippen LogP contribution in [0.1, 0.15) is 23.2 Å². The molecule has 0 unspecified atom stereocenters. The number of thiazole rings is 1. The molecule has 0 saturated carbocycles. The molecule has 1 aromatic carbocycles. The van der Waals surface area contributed by atoms with Crippen LogP contribution >= 0.6 is 11.3 Å². The molecule has 7 heteroatoms. The van der Waals surface area contributed by atoms with Gasteiger partial charge in [-0.05, 0) is 36.6 Å². The van der Waals surface area contributed by atoms with Crippen molar-refractivity contribution in [1.82, 2.24) is 20.6 Å². The molecular formula is C19H24FN5S. The first-order valence-corrected chi connectivity index (χ1v) is 9.71. The van der Waals surface area contributed by atoms with E-state index in [2.05, 4.69) is 37.9 Å². The Morgan fingerprint density at radius 1 is 1.27 bits per heavy atom. The molecule has 3 N–H and O–H groups in total. The predicted octanol–water partition coefficient (Wildman–Crippen LogP) is 3.28. The van der Waals surface area contributed by atoms with Crippen LogP contribution in [0, 0.1) is 5.82 Å². The quantitative estimate of drug-likeness (QED) is 0.440. The Hall–Kier alpha value is -2.41. The van der Waals surface area contributed by atoms with Crippen LogP contribution in [0.5, 0.6) is 0 Å². The number of aryl methyl sites for hydroxylation is 1. The minimum Gasteiger partial charge on any atom is -0.361 e. The summed E-state index contributed by atoms with van der Waals surface area (Å²) < 4.78 is 13.3. The lowest BCUT2D eigenvalue weighted by atomic mass is 10.1. The van der Waals surface area contributed by atoms with Crippen LogP contribution in [0.4, 0.5) is 4.39 Å². The highest BCUT2D eigenvalue weighted by molar-refractivity contribution is 7.09. The van der Waals surface area contributed by atoms with E-state index in [1.165, 1.54) is 17.1 Å². The molecule has 0 fully saturated rings. The second-order valence-corrected chi connectivity index (χ2v) is 6.96. The zero-order valence-corrected chi connectivity index (χ0v) is 15.9. The molecule has 0 aliphatic heterocycles. The molecule has 138 valence electrons. The summed E-state index contributed by atoms with van der Waals surface area (Å²) in [7, 11) is 1.77. The molecule has 0 spiro atoms. The van der Waals surface area contributed by atoms with Crippen molar-refractivity contribution in [2.24, 2.45) is 4.99 Å². The van der Waals surface area contributed by atoms with Gasteiger partial charge in [-0.1, -0.05) is 6.92 Å². The average Bonchev–Trinajstić information content (AvgIpc) is 3.27. The molecule has 0 radical (unpaired) electrons. The van der Waals surface area contributed by atoms with Gasteiger partial charge < -0.3 is 15.6 Å². The zero-order chi connectivity index (χ0) is 18.4. The van der Waals surface area contributed by atoms with E-state index in [0.717, 1.165) is 60.5 Å². The van der Waals surface area contributed by atoms with Gasteiger partial charge in [0, 0.05) is 49.0 Å². The van der Waals surface area contributed by atoms with Crippen molar-refractivity contribution in [2.75, 3.05) is 20.1 Å². The van der Waals surface area contributed by atoms with Gasteiger partial charge in [-0.2, -0.15) is 0 Å². The molecule has 3 aromatic rings. The van der Waals surface area contributed by atoms with Crippen LogP contribution in [-0.4, -0.2) is 36.1 Å². The van der Waals surface area contributed by atoms with Crippen molar-refractivity contribution in [3.05, 3.63) is 51.9 Å². The number of benzene rings is 1. The molecule has 26 heavy (non-hydrogen) atoms. The minimum absolute atomic E-state index is 0.222. The number of H-pyrrole nitrogens is 1. The highest BCUT2D eigenvalue weighted by Gasteiger charge is 2.06. The van der Waals surface area contributed by atoms with E-state index in [4.69, 9.17) is 0 Å². The Morgan fingerprint density at radius 2 is 2.08 bits per heavy atom. The van der Waals surface area contributed by atoms with Gasteiger partial charge in [0.15, 0.2) is 5.96 Å². The number of hydrogen-bond acceptors (Lipinski definition) is 3. The lowest BCUT2D eigenvalue weighted by molar-refractivity contribution is 0.629. The summed E-state index contributed by atoms with van der Waals surface area (Å²) in [5.41, 5.74) is 3.12. The van der Waals surface area contributed by atoms with E-state index in [1.807, 2.05) is 12.3 Å².